The standard InChI is InChI=1S/C9H7O3.C2H6.CH3.U/c1-7(11)12-9-5-3-2-4-8(9)6-10;1-2;;/h2-5H,1H3;1-2H3;1H3;/q-1;;-1;+2. The van der Waals surface area contributed by atoms with Crippen molar-refractivity contribution in [2.24, 2.45) is 0 Å². The molecule has 0 fully saturated rings. The third-order valence-electron chi connectivity index (χ3n) is 1.25. The van der Waals surface area contributed by atoms with Crippen LogP contribution < -0.4 is 4.74 Å². The number of benzene rings is 1. The molecule has 4 heteroatoms. The fourth-order valence-corrected chi connectivity index (χ4v) is 0.795. The summed E-state index contributed by atoms with van der Waals surface area (Å²) in [5, 5.41) is 0. The molecule has 86 valence electrons. The van der Waals surface area contributed by atoms with Gasteiger partial charge in [0.05, 0.1) is 6.29 Å². The Labute approximate surface area is 121 Å². The van der Waals surface area contributed by atoms with E-state index >= 15 is 0 Å². The molecule has 0 saturated heterocycles. The summed E-state index contributed by atoms with van der Waals surface area (Å²) in [7, 11) is 0. The monoisotopic (exact) mass is 446 g/mol. The van der Waals surface area contributed by atoms with E-state index in [2.05, 4.69) is 0 Å². The van der Waals surface area contributed by atoms with Gasteiger partial charge in [0, 0.05) is 12.7 Å². The van der Waals surface area contributed by atoms with Crippen molar-refractivity contribution in [3.8, 4) is 5.75 Å². The average molecular weight is 446 g/mol. The third kappa shape index (κ3) is 7.67. The molecule has 0 saturated carbocycles. The van der Waals surface area contributed by atoms with Gasteiger partial charge in [-0.1, -0.05) is 26.0 Å². The van der Waals surface area contributed by atoms with Crippen molar-refractivity contribution in [3.63, 3.8) is 0 Å². The number of para-hydroxylation sites is 1. The quantitative estimate of drug-likeness (QED) is 0.399. The molecule has 0 heterocycles. The SMILES string of the molecule is CC.CC(=O)Oc1ccccc1[C-]=O.[CH3-].[U+2]. The summed E-state index contributed by atoms with van der Waals surface area (Å²) in [6, 6.07) is 6.43. The van der Waals surface area contributed by atoms with Crippen LogP contribution in [0.25, 0.3) is 0 Å². The summed E-state index contributed by atoms with van der Waals surface area (Å²) in [6.45, 7) is 5.28. The first-order chi connectivity index (χ1) is 6.74. The summed E-state index contributed by atoms with van der Waals surface area (Å²) in [5.41, 5.74) is 0.257. The molecule has 1 aromatic rings. The number of hydrogen-bond donors (Lipinski definition) is 0. The van der Waals surface area contributed by atoms with Crippen LogP contribution in [-0.2, 0) is 9.59 Å². The van der Waals surface area contributed by atoms with Crippen LogP contribution in [-0.4, -0.2) is 12.3 Å². The van der Waals surface area contributed by atoms with Gasteiger partial charge in [-0.05, 0) is 0 Å². The van der Waals surface area contributed by atoms with Crippen LogP contribution in [0, 0.1) is 38.5 Å². The number of rotatable bonds is 2. The largest absolute Gasteiger partial charge is 2.00 e. The Morgan fingerprint density at radius 3 is 2.19 bits per heavy atom. The first kappa shape index (κ1) is 20.8. The minimum absolute atomic E-state index is 0. The second-order valence-corrected chi connectivity index (χ2v) is 2.19. The van der Waals surface area contributed by atoms with Crippen LogP contribution in [0.2, 0.25) is 0 Å². The van der Waals surface area contributed by atoms with E-state index in [9.17, 15) is 9.59 Å². The van der Waals surface area contributed by atoms with Crippen LogP contribution in [0.15, 0.2) is 24.3 Å². The molecule has 0 N–H and O–H groups in total. The summed E-state index contributed by atoms with van der Waals surface area (Å²) in [4.78, 5) is 20.8. The van der Waals surface area contributed by atoms with Gasteiger partial charge in [-0.3, -0.25) is 4.79 Å². The second-order valence-electron chi connectivity index (χ2n) is 2.19. The molecule has 1 rings (SSSR count). The molecule has 16 heavy (non-hydrogen) atoms. The molecule has 0 aliphatic carbocycles. The Morgan fingerprint density at radius 1 is 1.25 bits per heavy atom. The first-order valence-corrected chi connectivity index (χ1v) is 4.39. The molecule has 0 aliphatic heterocycles. The maximum Gasteiger partial charge on any atom is 2.00 e. The molecular formula is C12H16O3U. The molecule has 0 bridgehead atoms. The van der Waals surface area contributed by atoms with Gasteiger partial charge in [-0.2, -0.15) is 6.07 Å². The molecule has 0 aromatic heterocycles. The number of carbonyl (C=O) groups excluding carboxylic acids is 2. The third-order valence-corrected chi connectivity index (χ3v) is 1.25. The van der Waals surface area contributed by atoms with Crippen molar-refractivity contribution in [2.45, 2.75) is 20.8 Å². The maximum atomic E-state index is 10.5. The number of ether oxygens (including phenoxy) is 1. The number of hydrogen-bond acceptors (Lipinski definition) is 3. The van der Waals surface area contributed by atoms with Crippen LogP contribution >= 0.6 is 0 Å². The van der Waals surface area contributed by atoms with E-state index in [1.165, 1.54) is 13.0 Å². The van der Waals surface area contributed by atoms with Gasteiger partial charge in [-0.25, -0.2) is 0 Å². The zero-order valence-corrected chi connectivity index (χ0v) is 14.2. The second kappa shape index (κ2) is 12.5. The normalized spacial score (nSPS) is 7.19. The van der Waals surface area contributed by atoms with E-state index in [-0.39, 0.29) is 49.9 Å². The summed E-state index contributed by atoms with van der Waals surface area (Å²) in [6.07, 6.45) is 1.67. The first-order valence-electron chi connectivity index (χ1n) is 4.39. The van der Waals surface area contributed by atoms with Crippen molar-refractivity contribution in [2.75, 3.05) is 0 Å². The minimum atomic E-state index is -0.447. The number of carbonyl (C=O) groups is 1. The van der Waals surface area contributed by atoms with E-state index in [0.29, 0.717) is 0 Å². The van der Waals surface area contributed by atoms with Crippen LogP contribution in [0.4, 0.5) is 0 Å². The van der Waals surface area contributed by atoms with Gasteiger partial charge < -0.3 is 17.0 Å². The molecule has 0 radical (unpaired) electrons. The Kier molecular flexibility index (Phi) is 16.2. The van der Waals surface area contributed by atoms with Crippen molar-refractivity contribution >= 4 is 12.3 Å². The summed E-state index contributed by atoms with van der Waals surface area (Å²) >= 11 is 0. The molecule has 0 unspecified atom stereocenters. The van der Waals surface area contributed by atoms with E-state index in [1.54, 1.807) is 24.5 Å². The predicted octanol–water partition coefficient (Wildman–Crippen LogP) is 2.55. The van der Waals surface area contributed by atoms with Crippen LogP contribution in [0.3, 0.4) is 0 Å². The van der Waals surface area contributed by atoms with Gasteiger partial charge in [-0.15, -0.1) is 11.6 Å². The van der Waals surface area contributed by atoms with Crippen molar-refractivity contribution in [3.05, 3.63) is 37.3 Å². The van der Waals surface area contributed by atoms with Crippen molar-refractivity contribution in [1.29, 1.82) is 0 Å². The summed E-state index contributed by atoms with van der Waals surface area (Å²) in [5.74, 6) is -0.197. The smallest absolute Gasteiger partial charge is 0.490 e. The summed E-state index contributed by atoms with van der Waals surface area (Å²) < 4.78 is 4.73. The maximum absolute atomic E-state index is 10.5. The minimum Gasteiger partial charge on any atom is -0.490 e. The van der Waals surface area contributed by atoms with E-state index in [4.69, 9.17) is 4.74 Å². The fraction of sp³-hybridized carbons (Fsp3) is 0.250. The van der Waals surface area contributed by atoms with Crippen molar-refractivity contribution in [1.82, 2.24) is 0 Å². The Hall–Kier alpha value is -0.588. The Bertz CT molecular complexity index is 311. The molecule has 0 aliphatic rings. The van der Waals surface area contributed by atoms with Crippen LogP contribution in [0.5, 0.6) is 5.75 Å². The molecule has 1 aromatic carbocycles. The molecule has 0 atom stereocenters. The van der Waals surface area contributed by atoms with Gasteiger partial charge in [0.25, 0.3) is 5.97 Å². The van der Waals surface area contributed by atoms with Gasteiger partial charge >= 0.3 is 31.1 Å². The van der Waals surface area contributed by atoms with Gasteiger partial charge in [0.1, 0.15) is 0 Å². The fourth-order valence-electron chi connectivity index (χ4n) is 0.795. The van der Waals surface area contributed by atoms with Crippen molar-refractivity contribution < 1.29 is 45.4 Å². The molecular weight excluding hydrogens is 430 g/mol. The predicted molar refractivity (Wildman–Crippen MR) is 60.3 cm³/mol. The van der Waals surface area contributed by atoms with E-state index in [0.717, 1.165) is 0 Å². The van der Waals surface area contributed by atoms with Gasteiger partial charge in [0.15, 0.2) is 0 Å². The van der Waals surface area contributed by atoms with Crippen LogP contribution in [0.1, 0.15) is 26.3 Å². The Morgan fingerprint density at radius 2 is 1.75 bits per heavy atom. The topological polar surface area (TPSA) is 43.4 Å². The molecule has 0 amide bonds. The van der Waals surface area contributed by atoms with Gasteiger partial charge in [0.2, 0.25) is 0 Å². The average Bonchev–Trinajstić information content (AvgIpc) is 2.21. The molecule has 3 nitrogen and oxygen atoms in total. The number of esters is 1. The van der Waals surface area contributed by atoms with E-state index in [1.807, 2.05) is 13.8 Å². The van der Waals surface area contributed by atoms with E-state index < -0.39 is 5.97 Å². The zero-order valence-electron chi connectivity index (χ0n) is 10.0. The molecule has 0 spiro atoms. The zero-order chi connectivity index (χ0) is 11.0. The Balaban J connectivity index is -0.000000399.